The molecule has 0 bridgehead atoms. The second-order valence-corrected chi connectivity index (χ2v) is 7.50. The van der Waals surface area contributed by atoms with Crippen LogP contribution in [0.15, 0.2) is 30.3 Å². The van der Waals surface area contributed by atoms with Crippen molar-refractivity contribution < 1.29 is 14.8 Å². The van der Waals surface area contributed by atoms with Crippen LogP contribution in [0, 0.1) is 11.3 Å². The number of carbonyl (C=O) groups excluding carboxylic acids is 2. The molecule has 24 heavy (non-hydrogen) atoms. The molecule has 6 nitrogen and oxygen atoms in total. The van der Waals surface area contributed by atoms with E-state index in [1.54, 1.807) is 4.90 Å². The topological polar surface area (TPSA) is 86.9 Å². The Kier molecular flexibility index (Phi) is 3.62. The summed E-state index contributed by atoms with van der Waals surface area (Å²) in [6.45, 7) is 1.11. The summed E-state index contributed by atoms with van der Waals surface area (Å²) in [5, 5.41) is 11.5. The van der Waals surface area contributed by atoms with Crippen LogP contribution in [-0.4, -0.2) is 46.1 Å². The van der Waals surface area contributed by atoms with Crippen LogP contribution in [0.2, 0.25) is 0 Å². The van der Waals surface area contributed by atoms with Gasteiger partial charge in [-0.15, -0.1) is 0 Å². The average Bonchev–Trinajstić information content (AvgIpc) is 3.25. The summed E-state index contributed by atoms with van der Waals surface area (Å²) in [6.07, 6.45) is 3.49. The van der Waals surface area contributed by atoms with E-state index in [4.69, 9.17) is 5.73 Å². The zero-order chi connectivity index (χ0) is 16.9. The van der Waals surface area contributed by atoms with Gasteiger partial charge in [0.25, 0.3) is 0 Å². The van der Waals surface area contributed by atoms with Crippen molar-refractivity contribution >= 4 is 11.8 Å². The van der Waals surface area contributed by atoms with Gasteiger partial charge in [-0.05, 0) is 36.7 Å². The van der Waals surface area contributed by atoms with Gasteiger partial charge in [0, 0.05) is 13.1 Å². The maximum absolute atomic E-state index is 13.0. The SMILES string of the molecule is NC(=O)C1CC2(CC2)CN(O)[C@@H]1C(=O)N1CC[C@H]1c1ccccc1. The fourth-order valence-corrected chi connectivity index (χ4v) is 4.23. The third kappa shape index (κ3) is 2.50. The molecule has 1 aromatic rings. The number of benzene rings is 1. The summed E-state index contributed by atoms with van der Waals surface area (Å²) in [4.78, 5) is 26.7. The van der Waals surface area contributed by atoms with Crippen molar-refractivity contribution in [2.24, 2.45) is 17.1 Å². The summed E-state index contributed by atoms with van der Waals surface area (Å²) in [5.41, 5.74) is 6.64. The molecule has 2 saturated heterocycles. The van der Waals surface area contributed by atoms with Gasteiger partial charge in [0.05, 0.1) is 12.0 Å². The smallest absolute Gasteiger partial charge is 0.243 e. The molecule has 2 heterocycles. The number of hydrogen-bond donors (Lipinski definition) is 2. The fourth-order valence-electron chi connectivity index (χ4n) is 4.23. The predicted molar refractivity (Wildman–Crippen MR) is 86.8 cm³/mol. The van der Waals surface area contributed by atoms with Crippen molar-refractivity contribution in [3.05, 3.63) is 35.9 Å². The lowest BCUT2D eigenvalue weighted by Gasteiger charge is -2.47. The number of nitrogens with two attached hydrogens (primary N) is 1. The van der Waals surface area contributed by atoms with Gasteiger partial charge in [-0.1, -0.05) is 30.3 Å². The van der Waals surface area contributed by atoms with E-state index in [-0.39, 0.29) is 17.4 Å². The largest absolute Gasteiger partial charge is 0.369 e. The normalized spacial score (nSPS) is 31.5. The number of primary amides is 1. The lowest BCUT2D eigenvalue weighted by molar-refractivity contribution is -0.197. The molecule has 3 N–H and O–H groups in total. The summed E-state index contributed by atoms with van der Waals surface area (Å²) >= 11 is 0. The molecule has 0 aromatic heterocycles. The molecule has 1 saturated carbocycles. The van der Waals surface area contributed by atoms with Gasteiger partial charge in [0.2, 0.25) is 11.8 Å². The van der Waals surface area contributed by atoms with Crippen molar-refractivity contribution in [3.8, 4) is 0 Å². The van der Waals surface area contributed by atoms with E-state index in [9.17, 15) is 14.8 Å². The number of carbonyl (C=O) groups is 2. The molecule has 3 fully saturated rings. The van der Waals surface area contributed by atoms with Crippen LogP contribution < -0.4 is 5.73 Å². The quantitative estimate of drug-likeness (QED) is 0.875. The Morgan fingerprint density at radius 2 is 1.92 bits per heavy atom. The summed E-state index contributed by atoms with van der Waals surface area (Å²) in [5.74, 6) is -1.29. The molecule has 2 amide bonds. The zero-order valence-electron chi connectivity index (χ0n) is 13.6. The lowest BCUT2D eigenvalue weighted by atomic mass is 9.80. The van der Waals surface area contributed by atoms with Crippen LogP contribution in [0.5, 0.6) is 0 Å². The van der Waals surface area contributed by atoms with Crippen molar-refractivity contribution in [2.45, 2.75) is 37.8 Å². The Labute approximate surface area is 141 Å². The third-order valence-corrected chi connectivity index (χ3v) is 5.92. The van der Waals surface area contributed by atoms with E-state index < -0.39 is 17.9 Å². The van der Waals surface area contributed by atoms with Crippen molar-refractivity contribution in [1.82, 2.24) is 9.96 Å². The summed E-state index contributed by atoms with van der Waals surface area (Å²) in [7, 11) is 0. The van der Waals surface area contributed by atoms with E-state index in [0.29, 0.717) is 19.5 Å². The minimum atomic E-state index is -0.847. The number of hydrogen-bond acceptors (Lipinski definition) is 4. The van der Waals surface area contributed by atoms with E-state index in [1.165, 1.54) is 0 Å². The minimum absolute atomic E-state index is 0.0149. The Bertz CT molecular complexity index is 659. The van der Waals surface area contributed by atoms with Gasteiger partial charge in [-0.2, -0.15) is 5.06 Å². The van der Waals surface area contributed by atoms with Crippen LogP contribution in [-0.2, 0) is 9.59 Å². The number of rotatable bonds is 3. The standard InChI is InChI=1S/C18H23N3O3/c19-16(22)13-10-18(7-8-18)11-21(24)15(13)17(23)20-9-6-14(20)12-4-2-1-3-5-12/h1-5,13-15,24H,6-11H2,(H2,19,22)/t13?,14-,15-/m0/s1. The van der Waals surface area contributed by atoms with E-state index in [0.717, 1.165) is 29.9 Å². The number of likely N-dealkylation sites (tertiary alicyclic amines) is 1. The third-order valence-electron chi connectivity index (χ3n) is 5.92. The van der Waals surface area contributed by atoms with Gasteiger partial charge in [-0.3, -0.25) is 9.59 Å². The van der Waals surface area contributed by atoms with Crippen LogP contribution in [0.3, 0.4) is 0 Å². The number of nitrogens with zero attached hydrogens (tertiary/aromatic N) is 2. The molecular formula is C18H23N3O3. The van der Waals surface area contributed by atoms with Crippen LogP contribution in [0.25, 0.3) is 0 Å². The zero-order valence-corrected chi connectivity index (χ0v) is 13.6. The first-order valence-corrected chi connectivity index (χ1v) is 8.61. The fraction of sp³-hybridized carbons (Fsp3) is 0.556. The summed E-state index contributed by atoms with van der Waals surface area (Å²) < 4.78 is 0. The first kappa shape index (κ1) is 15.6. The molecule has 1 spiro atoms. The Morgan fingerprint density at radius 3 is 2.46 bits per heavy atom. The molecule has 2 aliphatic heterocycles. The monoisotopic (exact) mass is 329 g/mol. The van der Waals surface area contributed by atoms with Crippen LogP contribution >= 0.6 is 0 Å². The van der Waals surface area contributed by atoms with Crippen molar-refractivity contribution in [2.75, 3.05) is 13.1 Å². The Hall–Kier alpha value is -1.92. The highest BCUT2D eigenvalue weighted by molar-refractivity contribution is 5.90. The van der Waals surface area contributed by atoms with Gasteiger partial charge in [0.1, 0.15) is 6.04 Å². The molecule has 0 radical (unpaired) electrons. The highest BCUT2D eigenvalue weighted by atomic mass is 16.5. The lowest BCUT2D eigenvalue weighted by Crippen LogP contribution is -2.61. The highest BCUT2D eigenvalue weighted by Crippen LogP contribution is 2.54. The van der Waals surface area contributed by atoms with Gasteiger partial charge in [-0.25, -0.2) is 0 Å². The average molecular weight is 329 g/mol. The molecule has 1 aliphatic carbocycles. The van der Waals surface area contributed by atoms with Gasteiger partial charge >= 0.3 is 0 Å². The Morgan fingerprint density at radius 1 is 1.21 bits per heavy atom. The molecule has 4 rings (SSSR count). The van der Waals surface area contributed by atoms with E-state index >= 15 is 0 Å². The van der Waals surface area contributed by atoms with Gasteiger partial charge < -0.3 is 15.8 Å². The molecule has 1 aromatic carbocycles. The molecule has 6 heteroatoms. The molecule has 1 unspecified atom stereocenters. The first-order chi connectivity index (χ1) is 11.5. The van der Waals surface area contributed by atoms with Crippen LogP contribution in [0.1, 0.15) is 37.3 Å². The maximum Gasteiger partial charge on any atom is 0.243 e. The minimum Gasteiger partial charge on any atom is -0.369 e. The van der Waals surface area contributed by atoms with E-state index in [2.05, 4.69) is 0 Å². The molecule has 3 aliphatic rings. The highest BCUT2D eigenvalue weighted by Gasteiger charge is 2.56. The summed E-state index contributed by atoms with van der Waals surface area (Å²) in [6, 6.07) is 9.05. The second-order valence-electron chi connectivity index (χ2n) is 7.50. The van der Waals surface area contributed by atoms with Gasteiger partial charge in [0.15, 0.2) is 0 Å². The van der Waals surface area contributed by atoms with E-state index in [1.807, 2.05) is 30.3 Å². The number of piperidine rings is 1. The maximum atomic E-state index is 13.0. The van der Waals surface area contributed by atoms with Crippen molar-refractivity contribution in [1.29, 1.82) is 0 Å². The first-order valence-electron chi connectivity index (χ1n) is 8.61. The van der Waals surface area contributed by atoms with Crippen LogP contribution in [0.4, 0.5) is 0 Å². The molecular weight excluding hydrogens is 306 g/mol. The Balaban J connectivity index is 1.55. The number of amides is 2. The molecule has 128 valence electrons. The van der Waals surface area contributed by atoms with Crippen molar-refractivity contribution in [3.63, 3.8) is 0 Å². The number of hydroxylamine groups is 2. The molecule has 3 atom stereocenters. The second kappa shape index (κ2) is 5.57. The predicted octanol–water partition coefficient (Wildman–Crippen LogP) is 1.31.